The Morgan fingerprint density at radius 2 is 2.04 bits per heavy atom. The molecular weight excluding hydrogens is 364 g/mol. The summed E-state index contributed by atoms with van der Waals surface area (Å²) in [4.78, 5) is 12.1. The van der Waals surface area contributed by atoms with Crippen LogP contribution < -0.4 is 10.1 Å². The van der Waals surface area contributed by atoms with Crippen molar-refractivity contribution in [3.8, 4) is 11.8 Å². The lowest BCUT2D eigenvalue weighted by atomic mass is 9.97. The number of benzene rings is 2. The Kier molecular flexibility index (Phi) is 7.00. The summed E-state index contributed by atoms with van der Waals surface area (Å²) in [5.41, 5.74) is 0.749. The Hall–Kier alpha value is -2.81. The summed E-state index contributed by atoms with van der Waals surface area (Å²) in [5.74, 6) is 0.462. The van der Waals surface area contributed by atoms with Crippen LogP contribution >= 0.6 is 11.6 Å². The van der Waals surface area contributed by atoms with Crippen LogP contribution in [0.4, 0.5) is 5.69 Å². The number of anilines is 1. The molecule has 0 bridgehead atoms. The number of aldehydes is 1. The van der Waals surface area contributed by atoms with Crippen LogP contribution in [0.15, 0.2) is 49.1 Å². The van der Waals surface area contributed by atoms with Crippen LogP contribution in [0.3, 0.4) is 0 Å². The molecule has 2 aromatic carbocycles. The van der Waals surface area contributed by atoms with E-state index in [1.54, 1.807) is 42.5 Å². The number of nitrogens with zero attached hydrogens (tertiary/aromatic N) is 1. The van der Waals surface area contributed by atoms with Gasteiger partial charge in [-0.3, -0.25) is 4.79 Å². The van der Waals surface area contributed by atoms with Gasteiger partial charge in [0.15, 0.2) is 6.29 Å². The van der Waals surface area contributed by atoms with Crippen LogP contribution in [0.2, 0.25) is 5.02 Å². The molecular formula is C21H20ClN2O3. The second kappa shape index (κ2) is 9.22. The number of carbonyl (C=O) groups is 1. The SMILES string of the molecule is [CH2]COc1c(CC=C)cc(Cl)cc1C(C=O)(Nc1ccc(C#N)cc1)OC. The fourth-order valence-corrected chi connectivity index (χ4v) is 2.96. The van der Waals surface area contributed by atoms with Crippen molar-refractivity contribution in [3.05, 3.63) is 77.7 Å². The predicted octanol–water partition coefficient (Wildman–Crippen LogP) is 4.26. The van der Waals surface area contributed by atoms with Crippen LogP contribution in [-0.2, 0) is 21.7 Å². The lowest BCUT2D eigenvalue weighted by molar-refractivity contribution is -0.125. The van der Waals surface area contributed by atoms with Crippen molar-refractivity contribution >= 4 is 23.6 Å². The topological polar surface area (TPSA) is 71.3 Å². The number of ether oxygens (including phenoxy) is 2. The Morgan fingerprint density at radius 3 is 2.56 bits per heavy atom. The summed E-state index contributed by atoms with van der Waals surface area (Å²) in [6.45, 7) is 7.63. The zero-order valence-corrected chi connectivity index (χ0v) is 15.8. The van der Waals surface area contributed by atoms with Gasteiger partial charge in [0.2, 0.25) is 5.72 Å². The molecule has 0 aliphatic heterocycles. The fraction of sp³-hybridized carbons (Fsp3) is 0.190. The van der Waals surface area contributed by atoms with Gasteiger partial charge in [0.05, 0.1) is 23.8 Å². The van der Waals surface area contributed by atoms with Crippen molar-refractivity contribution in [1.82, 2.24) is 0 Å². The van der Waals surface area contributed by atoms with E-state index < -0.39 is 5.72 Å². The lowest BCUT2D eigenvalue weighted by Crippen LogP contribution is -2.39. The number of hydrogen-bond donors (Lipinski definition) is 1. The van der Waals surface area contributed by atoms with Gasteiger partial charge in [-0.25, -0.2) is 0 Å². The van der Waals surface area contributed by atoms with E-state index >= 15 is 0 Å². The third-order valence-corrected chi connectivity index (χ3v) is 4.19. The van der Waals surface area contributed by atoms with E-state index in [2.05, 4.69) is 18.8 Å². The first-order chi connectivity index (χ1) is 13.0. The summed E-state index contributed by atoms with van der Waals surface area (Å²) in [6, 6.07) is 12.1. The average molecular weight is 384 g/mol. The zero-order valence-electron chi connectivity index (χ0n) is 15.0. The van der Waals surface area contributed by atoms with Gasteiger partial charge in [0, 0.05) is 17.8 Å². The number of nitrogens with one attached hydrogen (secondary N) is 1. The molecule has 1 N–H and O–H groups in total. The lowest BCUT2D eigenvalue weighted by Gasteiger charge is -2.31. The van der Waals surface area contributed by atoms with E-state index in [1.165, 1.54) is 7.11 Å². The third kappa shape index (κ3) is 4.48. The van der Waals surface area contributed by atoms with Crippen molar-refractivity contribution in [2.75, 3.05) is 19.0 Å². The van der Waals surface area contributed by atoms with E-state index in [1.807, 2.05) is 6.07 Å². The molecule has 1 radical (unpaired) electrons. The monoisotopic (exact) mass is 383 g/mol. The molecule has 5 nitrogen and oxygen atoms in total. The summed E-state index contributed by atoms with van der Waals surface area (Å²) < 4.78 is 11.3. The molecule has 139 valence electrons. The van der Waals surface area contributed by atoms with Gasteiger partial charge >= 0.3 is 0 Å². The first kappa shape index (κ1) is 20.5. The first-order valence-corrected chi connectivity index (χ1v) is 8.57. The standard InChI is InChI=1S/C21H20ClN2O3/c1-4-6-16-11-17(22)12-19(20(16)27-5-2)21(14-25,26-3)24-18-9-7-15(13-23)8-10-18/h4,7-12,14,24H,1-2,5-6H2,3H3. The highest BCUT2D eigenvalue weighted by atomic mass is 35.5. The smallest absolute Gasteiger partial charge is 0.225 e. The summed E-state index contributed by atoms with van der Waals surface area (Å²) in [6.07, 6.45) is 2.86. The van der Waals surface area contributed by atoms with Crippen LogP contribution in [-0.4, -0.2) is 20.0 Å². The maximum absolute atomic E-state index is 12.1. The second-order valence-corrected chi connectivity index (χ2v) is 6.09. The molecule has 0 saturated heterocycles. The summed E-state index contributed by atoms with van der Waals surface area (Å²) >= 11 is 6.28. The minimum atomic E-state index is -1.54. The van der Waals surface area contributed by atoms with E-state index in [4.69, 9.17) is 26.3 Å². The fourth-order valence-electron chi connectivity index (χ4n) is 2.72. The molecule has 0 fully saturated rings. The first-order valence-electron chi connectivity index (χ1n) is 8.19. The number of halogens is 1. The van der Waals surface area contributed by atoms with Gasteiger partial charge in [0.25, 0.3) is 0 Å². The number of allylic oxidation sites excluding steroid dienone is 1. The van der Waals surface area contributed by atoms with Gasteiger partial charge in [-0.05, 0) is 55.3 Å². The van der Waals surface area contributed by atoms with Gasteiger partial charge in [-0.15, -0.1) is 6.58 Å². The minimum absolute atomic E-state index is 0.161. The van der Waals surface area contributed by atoms with E-state index in [9.17, 15) is 4.79 Å². The van der Waals surface area contributed by atoms with E-state index in [0.29, 0.717) is 40.3 Å². The van der Waals surface area contributed by atoms with Crippen molar-refractivity contribution in [3.63, 3.8) is 0 Å². The Labute approximate surface area is 164 Å². The van der Waals surface area contributed by atoms with Gasteiger partial charge in [0.1, 0.15) is 5.75 Å². The van der Waals surface area contributed by atoms with Crippen LogP contribution in [0.1, 0.15) is 16.7 Å². The molecule has 6 heteroatoms. The highest BCUT2D eigenvalue weighted by Crippen LogP contribution is 2.38. The van der Waals surface area contributed by atoms with Crippen molar-refractivity contribution in [2.45, 2.75) is 12.1 Å². The number of hydrogen-bond acceptors (Lipinski definition) is 5. The molecule has 0 aromatic heterocycles. The number of methoxy groups -OCH3 is 1. The van der Waals surface area contributed by atoms with Gasteiger partial charge in [-0.2, -0.15) is 5.26 Å². The Morgan fingerprint density at radius 1 is 1.33 bits per heavy atom. The molecule has 0 heterocycles. The largest absolute Gasteiger partial charge is 0.493 e. The van der Waals surface area contributed by atoms with Gasteiger partial charge < -0.3 is 14.8 Å². The normalized spacial score (nSPS) is 12.5. The van der Waals surface area contributed by atoms with Crippen LogP contribution in [0.25, 0.3) is 0 Å². The second-order valence-electron chi connectivity index (χ2n) is 5.65. The third-order valence-electron chi connectivity index (χ3n) is 3.97. The maximum atomic E-state index is 12.1. The quantitative estimate of drug-likeness (QED) is 0.398. The van der Waals surface area contributed by atoms with Gasteiger partial charge in [-0.1, -0.05) is 17.7 Å². The molecule has 0 aliphatic rings. The molecule has 2 aromatic rings. The Bertz CT molecular complexity index is 859. The van der Waals surface area contributed by atoms with Crippen molar-refractivity contribution < 1.29 is 14.3 Å². The molecule has 0 amide bonds. The molecule has 0 saturated carbocycles. The van der Waals surface area contributed by atoms with Crippen molar-refractivity contribution in [2.24, 2.45) is 0 Å². The molecule has 1 unspecified atom stereocenters. The average Bonchev–Trinajstić information content (AvgIpc) is 2.69. The number of nitriles is 1. The highest BCUT2D eigenvalue weighted by Gasteiger charge is 2.36. The Balaban J connectivity index is 2.61. The number of rotatable bonds is 9. The highest BCUT2D eigenvalue weighted by molar-refractivity contribution is 6.30. The summed E-state index contributed by atoms with van der Waals surface area (Å²) in [7, 11) is 1.41. The van der Waals surface area contributed by atoms with E-state index in [0.717, 1.165) is 5.56 Å². The summed E-state index contributed by atoms with van der Waals surface area (Å²) in [5, 5.41) is 12.4. The zero-order chi connectivity index (χ0) is 19.9. The molecule has 1 atom stereocenters. The molecule has 2 rings (SSSR count). The maximum Gasteiger partial charge on any atom is 0.225 e. The van der Waals surface area contributed by atoms with Crippen LogP contribution in [0, 0.1) is 18.3 Å². The van der Waals surface area contributed by atoms with Crippen LogP contribution in [0.5, 0.6) is 5.75 Å². The van der Waals surface area contributed by atoms with Crippen molar-refractivity contribution in [1.29, 1.82) is 5.26 Å². The molecule has 0 spiro atoms. The van der Waals surface area contributed by atoms with E-state index in [-0.39, 0.29) is 6.61 Å². The predicted molar refractivity (Wildman–Crippen MR) is 106 cm³/mol. The minimum Gasteiger partial charge on any atom is -0.493 e. The molecule has 0 aliphatic carbocycles. The molecule has 27 heavy (non-hydrogen) atoms. The number of carbonyl (C=O) groups excluding carboxylic acids is 1.